The molecule has 2 aliphatic rings. The average Bonchev–Trinajstić information content (AvgIpc) is 3.24. The molecule has 1 saturated heterocycles. The van der Waals surface area contributed by atoms with Crippen LogP contribution in [0.3, 0.4) is 0 Å². The standard InChI is InChI=1S/C26H30FN3O/c1-25(2)13-18-14-26(3,16-25)17-30(18)24(31)12-20(19-8-4-5-9-21(19)27)22-15-28-23-10-6-7-11-29(22)23/h4-11,15,18,20H,12-14,16-17H2,1-3H3. The molecule has 3 aromatic rings. The third-order valence-corrected chi connectivity index (χ3v) is 7.20. The predicted octanol–water partition coefficient (Wildman–Crippen LogP) is 5.42. The summed E-state index contributed by atoms with van der Waals surface area (Å²) in [4.78, 5) is 20.2. The third kappa shape index (κ3) is 3.64. The summed E-state index contributed by atoms with van der Waals surface area (Å²) < 4.78 is 16.9. The van der Waals surface area contributed by atoms with Gasteiger partial charge in [0.2, 0.25) is 5.91 Å². The topological polar surface area (TPSA) is 37.6 Å². The number of aromatic nitrogens is 2. The minimum atomic E-state index is -0.382. The number of fused-ring (bicyclic) bond motifs is 3. The molecule has 1 aliphatic carbocycles. The molecule has 1 aliphatic heterocycles. The highest BCUT2D eigenvalue weighted by Crippen LogP contribution is 2.52. The van der Waals surface area contributed by atoms with Gasteiger partial charge in [-0.05, 0) is 53.9 Å². The molecule has 0 N–H and O–H groups in total. The molecule has 3 heterocycles. The summed E-state index contributed by atoms with van der Waals surface area (Å²) in [6.07, 6.45) is 7.21. The summed E-state index contributed by atoms with van der Waals surface area (Å²) in [5.74, 6) is -0.544. The highest BCUT2D eigenvalue weighted by Gasteiger charge is 2.51. The molecular formula is C26H30FN3O. The zero-order valence-corrected chi connectivity index (χ0v) is 18.5. The molecule has 5 heteroatoms. The predicted molar refractivity (Wildman–Crippen MR) is 119 cm³/mol. The van der Waals surface area contributed by atoms with Crippen LogP contribution < -0.4 is 0 Å². The Morgan fingerprint density at radius 3 is 2.74 bits per heavy atom. The molecule has 0 radical (unpaired) electrons. The van der Waals surface area contributed by atoms with E-state index in [4.69, 9.17) is 0 Å². The molecule has 31 heavy (non-hydrogen) atoms. The molecule has 2 bridgehead atoms. The molecule has 2 aromatic heterocycles. The van der Waals surface area contributed by atoms with Crippen LogP contribution in [0.5, 0.6) is 0 Å². The Kier molecular flexibility index (Phi) is 4.68. The highest BCUT2D eigenvalue weighted by molar-refractivity contribution is 5.78. The second kappa shape index (κ2) is 7.18. The molecule has 1 aromatic carbocycles. The average molecular weight is 420 g/mol. The molecule has 3 unspecified atom stereocenters. The number of halogens is 1. The van der Waals surface area contributed by atoms with Crippen LogP contribution >= 0.6 is 0 Å². The van der Waals surface area contributed by atoms with Gasteiger partial charge in [-0.15, -0.1) is 0 Å². The highest BCUT2D eigenvalue weighted by atomic mass is 19.1. The summed E-state index contributed by atoms with van der Waals surface area (Å²) in [6, 6.07) is 12.9. The van der Waals surface area contributed by atoms with Gasteiger partial charge in [-0.2, -0.15) is 0 Å². The van der Waals surface area contributed by atoms with Crippen molar-refractivity contribution in [1.29, 1.82) is 0 Å². The van der Waals surface area contributed by atoms with E-state index in [1.165, 1.54) is 6.07 Å². The molecule has 1 saturated carbocycles. The fourth-order valence-electron chi connectivity index (χ4n) is 6.38. The molecular weight excluding hydrogens is 389 g/mol. The second-order valence-electron chi connectivity index (χ2n) is 10.6. The number of rotatable bonds is 4. The molecule has 0 spiro atoms. The van der Waals surface area contributed by atoms with E-state index < -0.39 is 0 Å². The smallest absolute Gasteiger partial charge is 0.223 e. The van der Waals surface area contributed by atoms with E-state index in [0.717, 1.165) is 37.1 Å². The molecule has 4 nitrogen and oxygen atoms in total. The zero-order chi connectivity index (χ0) is 21.8. The Morgan fingerprint density at radius 2 is 1.94 bits per heavy atom. The van der Waals surface area contributed by atoms with E-state index in [0.29, 0.717) is 5.56 Å². The maximum Gasteiger partial charge on any atom is 0.223 e. The lowest BCUT2D eigenvalue weighted by Crippen LogP contribution is -2.38. The van der Waals surface area contributed by atoms with Gasteiger partial charge in [0, 0.05) is 37.3 Å². The number of carbonyl (C=O) groups is 1. The van der Waals surface area contributed by atoms with E-state index in [2.05, 4.69) is 30.7 Å². The van der Waals surface area contributed by atoms with Gasteiger partial charge in [-0.1, -0.05) is 45.0 Å². The lowest BCUT2D eigenvalue weighted by molar-refractivity contribution is -0.132. The van der Waals surface area contributed by atoms with Crippen LogP contribution in [0.25, 0.3) is 5.65 Å². The van der Waals surface area contributed by atoms with Crippen molar-refractivity contribution in [2.24, 2.45) is 10.8 Å². The number of imidazole rings is 1. The number of carbonyl (C=O) groups excluding carboxylic acids is 1. The Balaban J connectivity index is 1.50. The van der Waals surface area contributed by atoms with Gasteiger partial charge in [0.15, 0.2) is 0 Å². The normalized spacial score (nSPS) is 25.7. The number of hydrogen-bond acceptors (Lipinski definition) is 2. The quantitative estimate of drug-likeness (QED) is 0.566. The summed E-state index contributed by atoms with van der Waals surface area (Å²) in [5, 5.41) is 0. The summed E-state index contributed by atoms with van der Waals surface area (Å²) >= 11 is 0. The van der Waals surface area contributed by atoms with Crippen LogP contribution in [0, 0.1) is 16.6 Å². The number of nitrogens with zero attached hydrogens (tertiary/aromatic N) is 3. The number of pyridine rings is 1. The van der Waals surface area contributed by atoms with Crippen molar-refractivity contribution in [1.82, 2.24) is 14.3 Å². The zero-order valence-electron chi connectivity index (χ0n) is 18.5. The van der Waals surface area contributed by atoms with Crippen LogP contribution in [-0.2, 0) is 4.79 Å². The first-order valence-corrected chi connectivity index (χ1v) is 11.2. The number of hydrogen-bond donors (Lipinski definition) is 0. The molecule has 162 valence electrons. The lowest BCUT2D eigenvalue weighted by Gasteiger charge is -2.39. The number of amides is 1. The Morgan fingerprint density at radius 1 is 1.16 bits per heavy atom. The van der Waals surface area contributed by atoms with Crippen LogP contribution in [0.1, 0.15) is 63.6 Å². The van der Waals surface area contributed by atoms with E-state index in [1.807, 2.05) is 34.9 Å². The van der Waals surface area contributed by atoms with Crippen LogP contribution in [0.2, 0.25) is 0 Å². The maximum absolute atomic E-state index is 14.9. The van der Waals surface area contributed by atoms with Crippen LogP contribution in [0.4, 0.5) is 4.39 Å². The van der Waals surface area contributed by atoms with Crippen molar-refractivity contribution in [3.8, 4) is 0 Å². The minimum absolute atomic E-state index is 0.116. The first-order chi connectivity index (χ1) is 14.7. The summed E-state index contributed by atoms with van der Waals surface area (Å²) in [7, 11) is 0. The first kappa shape index (κ1) is 20.2. The Bertz CT molecular complexity index is 1140. The molecule has 2 fully saturated rings. The lowest BCUT2D eigenvalue weighted by atomic mass is 9.65. The van der Waals surface area contributed by atoms with Crippen LogP contribution in [0.15, 0.2) is 54.9 Å². The summed E-state index contributed by atoms with van der Waals surface area (Å²) in [6.45, 7) is 7.74. The van der Waals surface area contributed by atoms with Gasteiger partial charge in [0.1, 0.15) is 11.5 Å². The monoisotopic (exact) mass is 419 g/mol. The SMILES string of the molecule is CC1(C)CC2CC(C)(CN2C(=O)CC(c2ccccc2F)c2cnc3ccccn23)C1. The van der Waals surface area contributed by atoms with Gasteiger partial charge >= 0.3 is 0 Å². The van der Waals surface area contributed by atoms with Crippen molar-refractivity contribution in [3.63, 3.8) is 0 Å². The Labute approximate surface area is 183 Å². The van der Waals surface area contributed by atoms with Crippen molar-refractivity contribution < 1.29 is 9.18 Å². The fraction of sp³-hybridized carbons (Fsp3) is 0.462. The fourth-order valence-corrected chi connectivity index (χ4v) is 6.38. The van der Waals surface area contributed by atoms with Gasteiger partial charge in [-0.25, -0.2) is 9.37 Å². The number of benzene rings is 1. The largest absolute Gasteiger partial charge is 0.339 e. The first-order valence-electron chi connectivity index (χ1n) is 11.2. The van der Waals surface area contributed by atoms with Crippen LogP contribution in [-0.4, -0.2) is 32.8 Å². The second-order valence-corrected chi connectivity index (χ2v) is 10.6. The van der Waals surface area contributed by atoms with Crippen molar-refractivity contribution in [2.45, 2.75) is 58.4 Å². The van der Waals surface area contributed by atoms with Crippen molar-refractivity contribution in [2.75, 3.05) is 6.54 Å². The van der Waals surface area contributed by atoms with Gasteiger partial charge < -0.3 is 9.30 Å². The van der Waals surface area contributed by atoms with Crippen molar-refractivity contribution in [3.05, 3.63) is 71.9 Å². The Hall–Kier alpha value is -2.69. The molecule has 5 rings (SSSR count). The third-order valence-electron chi connectivity index (χ3n) is 7.20. The number of likely N-dealkylation sites (tertiary alicyclic amines) is 1. The van der Waals surface area contributed by atoms with E-state index >= 15 is 0 Å². The minimum Gasteiger partial charge on any atom is -0.339 e. The van der Waals surface area contributed by atoms with Gasteiger partial charge in [-0.3, -0.25) is 4.79 Å². The van der Waals surface area contributed by atoms with E-state index in [1.54, 1.807) is 18.3 Å². The summed E-state index contributed by atoms with van der Waals surface area (Å²) in [5.41, 5.74) is 2.63. The van der Waals surface area contributed by atoms with E-state index in [-0.39, 0.29) is 40.9 Å². The maximum atomic E-state index is 14.9. The van der Waals surface area contributed by atoms with Crippen molar-refractivity contribution >= 4 is 11.6 Å². The van der Waals surface area contributed by atoms with E-state index in [9.17, 15) is 9.18 Å². The van der Waals surface area contributed by atoms with Gasteiger partial charge in [0.05, 0.1) is 5.69 Å². The van der Waals surface area contributed by atoms with Gasteiger partial charge in [0.25, 0.3) is 0 Å². The molecule has 3 atom stereocenters. The molecule has 1 amide bonds.